The van der Waals surface area contributed by atoms with Gasteiger partial charge in [-0.2, -0.15) is 13.2 Å². The van der Waals surface area contributed by atoms with Crippen molar-refractivity contribution < 1.29 is 18.0 Å². The van der Waals surface area contributed by atoms with Crippen LogP contribution in [0.5, 0.6) is 0 Å². The largest absolute Gasteiger partial charge is 0.450 e. The zero-order valence-corrected chi connectivity index (χ0v) is 6.33. The summed E-state index contributed by atoms with van der Waals surface area (Å²) >= 11 is 0. The summed E-state index contributed by atoms with van der Waals surface area (Å²) in [5, 5.41) is 0. The number of alkyl halides is 3. The Labute approximate surface area is 62.6 Å². The quantitative estimate of drug-likeness (QED) is 0.583. The predicted molar refractivity (Wildman–Crippen MR) is 32.9 cm³/mol. The molecule has 0 aromatic heterocycles. The second kappa shape index (κ2) is 1.99. The van der Waals surface area contributed by atoms with Crippen LogP contribution in [0, 0.1) is 11.3 Å². The highest BCUT2D eigenvalue weighted by molar-refractivity contribution is 5.89. The number of carbonyl (C=O) groups excluding carboxylic acids is 1. The van der Waals surface area contributed by atoms with E-state index in [2.05, 4.69) is 0 Å². The molecule has 0 aromatic carbocycles. The van der Waals surface area contributed by atoms with Crippen LogP contribution in [-0.2, 0) is 4.79 Å². The molecule has 4 heteroatoms. The van der Waals surface area contributed by atoms with Crippen LogP contribution in [0.3, 0.4) is 0 Å². The third-order valence-corrected chi connectivity index (χ3v) is 2.11. The van der Waals surface area contributed by atoms with Gasteiger partial charge in [0, 0.05) is 5.92 Å². The summed E-state index contributed by atoms with van der Waals surface area (Å²) in [6.45, 7) is 3.34. The Hall–Kier alpha value is -0.540. The molecule has 1 rings (SSSR count). The van der Waals surface area contributed by atoms with Crippen molar-refractivity contribution in [3.63, 3.8) is 0 Å². The first-order valence-corrected chi connectivity index (χ1v) is 3.36. The second-order valence-electron chi connectivity index (χ2n) is 3.61. The Morgan fingerprint density at radius 2 is 1.82 bits per heavy atom. The maximum atomic E-state index is 11.7. The number of Topliss-reactive ketones (excluding diaryl/α,β-unsaturated/α-hetero) is 1. The van der Waals surface area contributed by atoms with Gasteiger partial charge in [-0.1, -0.05) is 13.8 Å². The third kappa shape index (κ3) is 1.54. The summed E-state index contributed by atoms with van der Waals surface area (Å²) in [4.78, 5) is 10.5. The second-order valence-corrected chi connectivity index (χ2v) is 3.61. The van der Waals surface area contributed by atoms with E-state index in [1.54, 1.807) is 13.8 Å². The molecule has 1 saturated carbocycles. The van der Waals surface area contributed by atoms with Gasteiger partial charge in [0.1, 0.15) is 0 Å². The molecule has 0 spiro atoms. The zero-order valence-electron chi connectivity index (χ0n) is 6.33. The lowest BCUT2D eigenvalue weighted by Gasteiger charge is -2.05. The minimum absolute atomic E-state index is 0.366. The monoisotopic (exact) mass is 166 g/mol. The van der Waals surface area contributed by atoms with E-state index >= 15 is 0 Å². The molecular formula is C7H9F3O. The fourth-order valence-electron chi connectivity index (χ4n) is 1.11. The number of ketones is 1. The van der Waals surface area contributed by atoms with Gasteiger partial charge in [-0.3, -0.25) is 4.79 Å². The van der Waals surface area contributed by atoms with E-state index in [0.29, 0.717) is 6.42 Å². The molecule has 1 unspecified atom stereocenters. The number of rotatable bonds is 1. The first kappa shape index (κ1) is 8.56. The van der Waals surface area contributed by atoms with E-state index in [1.165, 1.54) is 0 Å². The van der Waals surface area contributed by atoms with Crippen LogP contribution in [0.1, 0.15) is 20.3 Å². The van der Waals surface area contributed by atoms with E-state index in [0.717, 1.165) is 0 Å². The molecule has 0 saturated heterocycles. The molecule has 0 radical (unpaired) electrons. The van der Waals surface area contributed by atoms with Crippen LogP contribution in [0.4, 0.5) is 13.2 Å². The summed E-state index contributed by atoms with van der Waals surface area (Å²) in [5.41, 5.74) is -0.424. The normalized spacial score (nSPS) is 28.3. The molecule has 1 aliphatic carbocycles. The number of hydrogen-bond donors (Lipinski definition) is 0. The molecule has 0 bridgehead atoms. The Kier molecular flexibility index (Phi) is 1.55. The molecule has 1 atom stereocenters. The molecule has 0 amide bonds. The van der Waals surface area contributed by atoms with Gasteiger partial charge in [-0.15, -0.1) is 0 Å². The van der Waals surface area contributed by atoms with Crippen molar-refractivity contribution in [2.45, 2.75) is 26.4 Å². The fourth-order valence-corrected chi connectivity index (χ4v) is 1.11. The highest BCUT2D eigenvalue weighted by Crippen LogP contribution is 2.54. The third-order valence-electron chi connectivity index (χ3n) is 2.11. The highest BCUT2D eigenvalue weighted by atomic mass is 19.4. The topological polar surface area (TPSA) is 17.1 Å². The predicted octanol–water partition coefficient (Wildman–Crippen LogP) is 2.16. The number of halogens is 3. The fraction of sp³-hybridized carbons (Fsp3) is 0.857. The summed E-state index contributed by atoms with van der Waals surface area (Å²) in [6, 6.07) is 0. The van der Waals surface area contributed by atoms with Gasteiger partial charge < -0.3 is 0 Å². The van der Waals surface area contributed by atoms with E-state index in [1.807, 2.05) is 0 Å². The molecule has 0 heterocycles. The van der Waals surface area contributed by atoms with Gasteiger partial charge in [-0.05, 0) is 11.8 Å². The summed E-state index contributed by atoms with van der Waals surface area (Å²) in [7, 11) is 0. The smallest absolute Gasteiger partial charge is 0.289 e. The van der Waals surface area contributed by atoms with E-state index in [9.17, 15) is 18.0 Å². The lowest BCUT2D eigenvalue weighted by molar-refractivity contribution is -0.173. The minimum Gasteiger partial charge on any atom is -0.289 e. The van der Waals surface area contributed by atoms with Gasteiger partial charge >= 0.3 is 6.18 Å². The maximum Gasteiger partial charge on any atom is 0.450 e. The van der Waals surface area contributed by atoms with Crippen LogP contribution in [0.25, 0.3) is 0 Å². The van der Waals surface area contributed by atoms with Gasteiger partial charge in [0.05, 0.1) is 0 Å². The molecule has 11 heavy (non-hydrogen) atoms. The summed E-state index contributed by atoms with van der Waals surface area (Å²) < 4.78 is 35.2. The Morgan fingerprint density at radius 3 is 1.91 bits per heavy atom. The van der Waals surface area contributed by atoms with Crippen molar-refractivity contribution in [2.75, 3.05) is 0 Å². The van der Waals surface area contributed by atoms with Gasteiger partial charge in [0.15, 0.2) is 0 Å². The molecule has 1 fully saturated rings. The van der Waals surface area contributed by atoms with Crippen LogP contribution in [0.2, 0.25) is 0 Å². The van der Waals surface area contributed by atoms with E-state index in [4.69, 9.17) is 0 Å². The van der Waals surface area contributed by atoms with Crippen LogP contribution >= 0.6 is 0 Å². The Balaban J connectivity index is 2.60. The first-order chi connectivity index (χ1) is 4.75. The standard InChI is InChI=1S/C7H9F3O/c1-6(2)3-4(6)5(11)7(8,9)10/h4H,3H2,1-2H3. The van der Waals surface area contributed by atoms with Crippen LogP contribution < -0.4 is 0 Å². The van der Waals surface area contributed by atoms with Crippen LogP contribution in [-0.4, -0.2) is 12.0 Å². The van der Waals surface area contributed by atoms with Crippen molar-refractivity contribution in [3.05, 3.63) is 0 Å². The molecule has 0 N–H and O–H groups in total. The number of hydrogen-bond acceptors (Lipinski definition) is 1. The summed E-state index contributed by atoms with van der Waals surface area (Å²) in [6.07, 6.45) is -4.27. The van der Waals surface area contributed by atoms with Gasteiger partial charge in [-0.25, -0.2) is 0 Å². The molecule has 1 aliphatic rings. The van der Waals surface area contributed by atoms with Crippen molar-refractivity contribution in [3.8, 4) is 0 Å². The minimum atomic E-state index is -4.64. The molecular weight excluding hydrogens is 157 g/mol. The van der Waals surface area contributed by atoms with Crippen molar-refractivity contribution >= 4 is 5.78 Å². The van der Waals surface area contributed by atoms with E-state index in [-0.39, 0.29) is 0 Å². The maximum absolute atomic E-state index is 11.7. The average molecular weight is 166 g/mol. The molecule has 1 nitrogen and oxygen atoms in total. The molecule has 0 aromatic rings. The highest BCUT2D eigenvalue weighted by Gasteiger charge is 2.58. The SMILES string of the molecule is CC1(C)CC1C(=O)C(F)(F)F. The van der Waals surface area contributed by atoms with Crippen LogP contribution in [0.15, 0.2) is 0 Å². The first-order valence-electron chi connectivity index (χ1n) is 3.36. The zero-order chi connectivity index (χ0) is 8.86. The molecule has 64 valence electrons. The average Bonchev–Trinajstić information content (AvgIpc) is 2.36. The Morgan fingerprint density at radius 1 is 1.45 bits per heavy atom. The van der Waals surface area contributed by atoms with Crippen molar-refractivity contribution in [1.29, 1.82) is 0 Å². The Bertz CT molecular complexity index is 192. The van der Waals surface area contributed by atoms with Crippen molar-refractivity contribution in [1.82, 2.24) is 0 Å². The number of carbonyl (C=O) groups is 1. The lowest BCUT2D eigenvalue weighted by atomic mass is 10.1. The van der Waals surface area contributed by atoms with E-state index < -0.39 is 23.3 Å². The van der Waals surface area contributed by atoms with Gasteiger partial charge in [0.2, 0.25) is 5.78 Å². The summed E-state index contributed by atoms with van der Waals surface area (Å²) in [5.74, 6) is -2.36. The molecule has 0 aliphatic heterocycles. The van der Waals surface area contributed by atoms with Gasteiger partial charge in [0.25, 0.3) is 0 Å². The lowest BCUT2D eigenvalue weighted by Crippen LogP contribution is -2.26. The van der Waals surface area contributed by atoms with Crippen molar-refractivity contribution in [2.24, 2.45) is 11.3 Å².